The lowest BCUT2D eigenvalue weighted by Gasteiger charge is -2.06. The molecule has 0 saturated carbocycles. The molecule has 0 heterocycles. The van der Waals surface area contributed by atoms with Crippen LogP contribution in [0.5, 0.6) is 11.5 Å². The number of hydrogen-bond donors (Lipinski definition) is 1. The Morgan fingerprint density at radius 3 is 2.31 bits per heavy atom. The second kappa shape index (κ2) is 5.00. The van der Waals surface area contributed by atoms with E-state index < -0.39 is 0 Å². The highest BCUT2D eigenvalue weighted by Crippen LogP contribution is 2.29. The molecule has 0 atom stereocenters. The highest BCUT2D eigenvalue weighted by molar-refractivity contribution is 7.80. The van der Waals surface area contributed by atoms with Crippen molar-refractivity contribution in [3.63, 3.8) is 0 Å². The van der Waals surface area contributed by atoms with Crippen LogP contribution in [0.2, 0.25) is 10.0 Å². The molecular weight excluding hydrogens is 263 g/mol. The van der Waals surface area contributed by atoms with Crippen molar-refractivity contribution >= 4 is 35.8 Å². The molecule has 1 nitrogen and oxygen atoms in total. The molecule has 0 fully saturated rings. The molecule has 0 aliphatic rings. The van der Waals surface area contributed by atoms with E-state index in [-0.39, 0.29) is 0 Å². The fourth-order valence-corrected chi connectivity index (χ4v) is 1.72. The Bertz CT molecular complexity index is 514. The van der Waals surface area contributed by atoms with Gasteiger partial charge in [-0.15, -0.1) is 12.6 Å². The average molecular weight is 271 g/mol. The van der Waals surface area contributed by atoms with E-state index in [9.17, 15) is 0 Å². The zero-order valence-electron chi connectivity index (χ0n) is 8.15. The Kier molecular flexibility index (Phi) is 3.64. The van der Waals surface area contributed by atoms with Crippen LogP contribution in [0.25, 0.3) is 0 Å². The van der Waals surface area contributed by atoms with Crippen LogP contribution in [0, 0.1) is 0 Å². The number of thiol groups is 1. The minimum Gasteiger partial charge on any atom is -0.457 e. The third-order valence-corrected chi connectivity index (χ3v) is 2.96. The number of halogens is 2. The molecule has 16 heavy (non-hydrogen) atoms. The van der Waals surface area contributed by atoms with Crippen LogP contribution in [0.3, 0.4) is 0 Å². The Hall–Kier alpha value is -0.830. The van der Waals surface area contributed by atoms with Gasteiger partial charge in [-0.2, -0.15) is 0 Å². The molecule has 82 valence electrons. The van der Waals surface area contributed by atoms with Crippen LogP contribution in [-0.2, 0) is 0 Å². The van der Waals surface area contributed by atoms with Crippen molar-refractivity contribution in [3.8, 4) is 11.5 Å². The third-order valence-electron chi connectivity index (χ3n) is 1.94. The van der Waals surface area contributed by atoms with E-state index in [0.29, 0.717) is 21.5 Å². The highest BCUT2D eigenvalue weighted by Gasteiger charge is 2.01. The van der Waals surface area contributed by atoms with E-state index >= 15 is 0 Å². The van der Waals surface area contributed by atoms with E-state index in [1.54, 1.807) is 18.2 Å². The zero-order valence-corrected chi connectivity index (χ0v) is 10.6. The van der Waals surface area contributed by atoms with Crippen molar-refractivity contribution < 1.29 is 4.74 Å². The maximum Gasteiger partial charge on any atom is 0.129 e. The lowest BCUT2D eigenvalue weighted by molar-refractivity contribution is 0.481. The lowest BCUT2D eigenvalue weighted by Crippen LogP contribution is -1.84. The van der Waals surface area contributed by atoms with Gasteiger partial charge in [0.2, 0.25) is 0 Å². The van der Waals surface area contributed by atoms with Gasteiger partial charge < -0.3 is 4.74 Å². The number of ether oxygens (including phenoxy) is 1. The first-order valence-corrected chi connectivity index (χ1v) is 5.77. The molecule has 0 saturated heterocycles. The van der Waals surface area contributed by atoms with E-state index in [1.807, 2.05) is 24.3 Å². The predicted molar refractivity (Wildman–Crippen MR) is 70.2 cm³/mol. The Balaban J connectivity index is 2.24. The maximum atomic E-state index is 5.88. The molecule has 2 aromatic carbocycles. The quantitative estimate of drug-likeness (QED) is 0.750. The largest absolute Gasteiger partial charge is 0.457 e. The van der Waals surface area contributed by atoms with Crippen LogP contribution < -0.4 is 4.74 Å². The molecule has 0 aliphatic carbocycles. The summed E-state index contributed by atoms with van der Waals surface area (Å²) in [7, 11) is 0. The summed E-state index contributed by atoms with van der Waals surface area (Å²) in [6.45, 7) is 0. The van der Waals surface area contributed by atoms with Gasteiger partial charge in [0, 0.05) is 11.0 Å². The average Bonchev–Trinajstić information content (AvgIpc) is 2.24. The van der Waals surface area contributed by atoms with E-state index in [1.165, 1.54) is 0 Å². The normalized spacial score (nSPS) is 10.2. The summed E-state index contributed by atoms with van der Waals surface area (Å²) in [5, 5.41) is 0.984. The molecule has 0 radical (unpaired) electrons. The van der Waals surface area contributed by atoms with Crippen molar-refractivity contribution in [2.45, 2.75) is 4.90 Å². The highest BCUT2D eigenvalue weighted by atomic mass is 35.5. The van der Waals surface area contributed by atoms with Gasteiger partial charge in [-0.25, -0.2) is 0 Å². The molecule has 0 bridgehead atoms. The SMILES string of the molecule is Sc1cccc(Oc2ccc(Cl)c(Cl)c2)c1. The van der Waals surface area contributed by atoms with Crippen LogP contribution in [0.15, 0.2) is 47.4 Å². The molecule has 2 aromatic rings. The summed E-state index contributed by atoms with van der Waals surface area (Å²) in [4.78, 5) is 0.845. The van der Waals surface area contributed by atoms with Crippen LogP contribution in [0.4, 0.5) is 0 Å². The maximum absolute atomic E-state index is 5.88. The minimum atomic E-state index is 0.473. The van der Waals surface area contributed by atoms with E-state index in [4.69, 9.17) is 27.9 Å². The Morgan fingerprint density at radius 1 is 0.875 bits per heavy atom. The van der Waals surface area contributed by atoms with Crippen molar-refractivity contribution in [2.75, 3.05) is 0 Å². The van der Waals surface area contributed by atoms with E-state index in [2.05, 4.69) is 12.6 Å². The monoisotopic (exact) mass is 270 g/mol. The van der Waals surface area contributed by atoms with Gasteiger partial charge in [0.1, 0.15) is 11.5 Å². The van der Waals surface area contributed by atoms with Crippen LogP contribution >= 0.6 is 35.8 Å². The fourth-order valence-electron chi connectivity index (χ4n) is 1.22. The molecule has 0 amide bonds. The van der Waals surface area contributed by atoms with E-state index in [0.717, 1.165) is 4.90 Å². The standard InChI is InChI=1S/C12H8Cl2OS/c13-11-5-4-9(7-12(11)14)15-8-2-1-3-10(16)6-8/h1-7,16H. The molecular formula is C12H8Cl2OS. The summed E-state index contributed by atoms with van der Waals surface area (Å²) in [5.41, 5.74) is 0. The van der Waals surface area contributed by atoms with Crippen molar-refractivity contribution in [1.29, 1.82) is 0 Å². The zero-order chi connectivity index (χ0) is 11.5. The first-order chi connectivity index (χ1) is 7.65. The lowest BCUT2D eigenvalue weighted by atomic mass is 10.3. The minimum absolute atomic E-state index is 0.473. The van der Waals surface area contributed by atoms with Gasteiger partial charge in [0.05, 0.1) is 10.0 Å². The smallest absolute Gasteiger partial charge is 0.129 e. The number of hydrogen-bond acceptors (Lipinski definition) is 2. The Morgan fingerprint density at radius 2 is 1.62 bits per heavy atom. The second-order valence-electron chi connectivity index (χ2n) is 3.18. The Labute approximate surface area is 109 Å². The topological polar surface area (TPSA) is 9.23 Å². The second-order valence-corrected chi connectivity index (χ2v) is 4.51. The first-order valence-electron chi connectivity index (χ1n) is 4.57. The summed E-state index contributed by atoms with van der Waals surface area (Å²) < 4.78 is 5.60. The summed E-state index contributed by atoms with van der Waals surface area (Å²) in [6, 6.07) is 12.6. The number of benzene rings is 2. The summed E-state index contributed by atoms with van der Waals surface area (Å²) >= 11 is 15.9. The number of rotatable bonds is 2. The fraction of sp³-hybridized carbons (Fsp3) is 0. The van der Waals surface area contributed by atoms with Gasteiger partial charge >= 0.3 is 0 Å². The van der Waals surface area contributed by atoms with Crippen molar-refractivity contribution in [1.82, 2.24) is 0 Å². The summed E-state index contributed by atoms with van der Waals surface area (Å²) in [5.74, 6) is 1.36. The van der Waals surface area contributed by atoms with Gasteiger partial charge in [-0.3, -0.25) is 0 Å². The third kappa shape index (κ3) is 2.85. The van der Waals surface area contributed by atoms with Gasteiger partial charge in [0.25, 0.3) is 0 Å². The molecule has 2 rings (SSSR count). The molecule has 4 heteroatoms. The molecule has 0 N–H and O–H groups in total. The molecule has 0 aromatic heterocycles. The summed E-state index contributed by atoms with van der Waals surface area (Å²) in [6.07, 6.45) is 0. The molecule has 0 aliphatic heterocycles. The van der Waals surface area contributed by atoms with Crippen molar-refractivity contribution in [3.05, 3.63) is 52.5 Å². The van der Waals surface area contributed by atoms with Gasteiger partial charge in [-0.1, -0.05) is 29.3 Å². The van der Waals surface area contributed by atoms with Gasteiger partial charge in [0.15, 0.2) is 0 Å². The van der Waals surface area contributed by atoms with Crippen LogP contribution in [-0.4, -0.2) is 0 Å². The van der Waals surface area contributed by atoms with Crippen LogP contribution in [0.1, 0.15) is 0 Å². The first kappa shape index (κ1) is 11.6. The molecule has 0 unspecified atom stereocenters. The van der Waals surface area contributed by atoms with Gasteiger partial charge in [-0.05, 0) is 30.3 Å². The van der Waals surface area contributed by atoms with Crippen molar-refractivity contribution in [2.24, 2.45) is 0 Å². The molecule has 0 spiro atoms. The predicted octanol–water partition coefficient (Wildman–Crippen LogP) is 5.07.